The van der Waals surface area contributed by atoms with Crippen molar-refractivity contribution < 1.29 is 4.74 Å². The van der Waals surface area contributed by atoms with Gasteiger partial charge in [-0.2, -0.15) is 0 Å². The minimum absolute atomic E-state index is 0.241. The van der Waals surface area contributed by atoms with Crippen LogP contribution in [0.3, 0.4) is 0 Å². The molecule has 1 atom stereocenters. The second kappa shape index (κ2) is 6.42. The van der Waals surface area contributed by atoms with Gasteiger partial charge in [0.05, 0.1) is 6.10 Å². The highest BCUT2D eigenvalue weighted by Crippen LogP contribution is 2.30. The van der Waals surface area contributed by atoms with Crippen LogP contribution in [0.4, 0.5) is 0 Å². The molecule has 0 amide bonds. The van der Waals surface area contributed by atoms with Crippen molar-refractivity contribution >= 4 is 0 Å². The normalized spacial score (nSPS) is 12.4. The van der Waals surface area contributed by atoms with Crippen molar-refractivity contribution in [2.75, 3.05) is 0 Å². The number of hydrogen-bond acceptors (Lipinski definition) is 1. The monoisotopic (exact) mass is 254 g/mol. The molecule has 0 N–H and O–H groups in total. The van der Waals surface area contributed by atoms with Crippen molar-refractivity contribution in [3.05, 3.63) is 54.6 Å². The molecule has 0 fully saturated rings. The summed E-state index contributed by atoms with van der Waals surface area (Å²) in [6, 6.07) is 18.7. The molecule has 1 unspecified atom stereocenters. The van der Waals surface area contributed by atoms with Crippen LogP contribution in [0.15, 0.2) is 54.6 Å². The van der Waals surface area contributed by atoms with E-state index in [9.17, 15) is 0 Å². The van der Waals surface area contributed by atoms with E-state index in [2.05, 4.69) is 63.2 Å². The fraction of sp³-hybridized carbons (Fsp3) is 0.333. The van der Waals surface area contributed by atoms with E-state index in [1.807, 2.05) is 12.1 Å². The first-order chi connectivity index (χ1) is 9.16. The number of benzene rings is 2. The van der Waals surface area contributed by atoms with Crippen LogP contribution in [0.5, 0.6) is 5.75 Å². The summed E-state index contributed by atoms with van der Waals surface area (Å²) in [6.07, 6.45) is 1.31. The van der Waals surface area contributed by atoms with Crippen LogP contribution < -0.4 is 4.74 Å². The number of rotatable bonds is 5. The summed E-state index contributed by atoms with van der Waals surface area (Å²) in [5.41, 5.74) is 2.37. The molecule has 0 saturated carbocycles. The zero-order valence-corrected chi connectivity index (χ0v) is 12.0. The Bertz CT molecular complexity index is 502. The minimum atomic E-state index is 0.241. The smallest absolute Gasteiger partial charge is 0.127 e. The fourth-order valence-electron chi connectivity index (χ4n) is 2.35. The summed E-state index contributed by atoms with van der Waals surface area (Å²) in [5, 5.41) is 0. The Morgan fingerprint density at radius 1 is 0.842 bits per heavy atom. The molecule has 1 nitrogen and oxygen atoms in total. The van der Waals surface area contributed by atoms with Crippen molar-refractivity contribution in [3.8, 4) is 16.9 Å². The zero-order chi connectivity index (χ0) is 13.7. The van der Waals surface area contributed by atoms with Gasteiger partial charge in [-0.25, -0.2) is 0 Å². The van der Waals surface area contributed by atoms with Crippen molar-refractivity contribution in [2.24, 2.45) is 5.92 Å². The molecule has 2 aromatic rings. The van der Waals surface area contributed by atoms with Crippen LogP contribution in [0.1, 0.15) is 27.2 Å². The van der Waals surface area contributed by atoms with Gasteiger partial charge in [-0.15, -0.1) is 0 Å². The first-order valence-corrected chi connectivity index (χ1v) is 6.98. The van der Waals surface area contributed by atoms with E-state index in [0.29, 0.717) is 5.92 Å². The van der Waals surface area contributed by atoms with Gasteiger partial charge in [0.25, 0.3) is 0 Å². The third-order valence-corrected chi connectivity index (χ3v) is 3.10. The molecule has 0 heterocycles. The maximum atomic E-state index is 6.11. The van der Waals surface area contributed by atoms with Gasteiger partial charge in [0.15, 0.2) is 0 Å². The van der Waals surface area contributed by atoms with E-state index in [1.165, 1.54) is 11.1 Å². The summed E-state index contributed by atoms with van der Waals surface area (Å²) in [4.78, 5) is 0. The van der Waals surface area contributed by atoms with Gasteiger partial charge in [-0.3, -0.25) is 0 Å². The number of para-hydroxylation sites is 1. The Balaban J connectivity index is 2.22. The first kappa shape index (κ1) is 13.7. The second-order valence-corrected chi connectivity index (χ2v) is 5.42. The highest BCUT2D eigenvalue weighted by molar-refractivity contribution is 5.70. The van der Waals surface area contributed by atoms with E-state index >= 15 is 0 Å². The van der Waals surface area contributed by atoms with E-state index in [-0.39, 0.29) is 6.10 Å². The SMILES string of the molecule is CC(C)CC(C)Oc1ccccc1-c1ccccc1. The highest BCUT2D eigenvalue weighted by atomic mass is 16.5. The lowest BCUT2D eigenvalue weighted by Crippen LogP contribution is -2.14. The summed E-state index contributed by atoms with van der Waals surface area (Å²) >= 11 is 0. The molecule has 19 heavy (non-hydrogen) atoms. The average molecular weight is 254 g/mol. The van der Waals surface area contributed by atoms with E-state index in [0.717, 1.165) is 12.2 Å². The van der Waals surface area contributed by atoms with Crippen LogP contribution in [-0.4, -0.2) is 6.10 Å². The average Bonchev–Trinajstić information content (AvgIpc) is 2.39. The molecule has 0 saturated heterocycles. The molecule has 0 bridgehead atoms. The van der Waals surface area contributed by atoms with Crippen molar-refractivity contribution in [1.29, 1.82) is 0 Å². The maximum Gasteiger partial charge on any atom is 0.127 e. The van der Waals surface area contributed by atoms with Crippen molar-refractivity contribution in [2.45, 2.75) is 33.3 Å². The topological polar surface area (TPSA) is 9.23 Å². The Morgan fingerprint density at radius 2 is 1.47 bits per heavy atom. The first-order valence-electron chi connectivity index (χ1n) is 6.98. The van der Waals surface area contributed by atoms with E-state index in [4.69, 9.17) is 4.74 Å². The van der Waals surface area contributed by atoms with Crippen LogP contribution >= 0.6 is 0 Å². The summed E-state index contributed by atoms with van der Waals surface area (Å²) in [5.74, 6) is 1.63. The predicted octanol–water partition coefficient (Wildman–Crippen LogP) is 5.17. The van der Waals surface area contributed by atoms with E-state index < -0.39 is 0 Å². The molecule has 0 aliphatic heterocycles. The molecular formula is C18H22O. The Kier molecular flexibility index (Phi) is 4.62. The molecule has 0 aliphatic rings. The van der Waals surface area contributed by atoms with E-state index in [1.54, 1.807) is 0 Å². The quantitative estimate of drug-likeness (QED) is 0.715. The van der Waals surface area contributed by atoms with Gasteiger partial charge in [0, 0.05) is 5.56 Å². The third-order valence-electron chi connectivity index (χ3n) is 3.10. The maximum absolute atomic E-state index is 6.11. The summed E-state index contributed by atoms with van der Waals surface area (Å²) in [7, 11) is 0. The Labute approximate surface area is 116 Å². The zero-order valence-electron chi connectivity index (χ0n) is 12.0. The largest absolute Gasteiger partial charge is 0.490 e. The molecular weight excluding hydrogens is 232 g/mol. The van der Waals surface area contributed by atoms with Gasteiger partial charge in [0.2, 0.25) is 0 Å². The highest BCUT2D eigenvalue weighted by Gasteiger charge is 2.10. The molecule has 2 rings (SSSR count). The standard InChI is InChI=1S/C18H22O/c1-14(2)13-15(3)19-18-12-8-7-11-17(18)16-9-5-4-6-10-16/h4-12,14-15H,13H2,1-3H3. The Morgan fingerprint density at radius 3 is 2.16 bits per heavy atom. The van der Waals surface area contributed by atoms with Gasteiger partial charge >= 0.3 is 0 Å². The number of ether oxygens (including phenoxy) is 1. The van der Waals surface area contributed by atoms with Crippen molar-refractivity contribution in [1.82, 2.24) is 0 Å². The molecule has 0 spiro atoms. The second-order valence-electron chi connectivity index (χ2n) is 5.42. The predicted molar refractivity (Wildman–Crippen MR) is 81.4 cm³/mol. The van der Waals surface area contributed by atoms with Crippen LogP contribution in [0, 0.1) is 5.92 Å². The lowest BCUT2D eigenvalue weighted by molar-refractivity contribution is 0.194. The fourth-order valence-corrected chi connectivity index (χ4v) is 2.35. The number of hydrogen-bond donors (Lipinski definition) is 0. The van der Waals surface area contributed by atoms with Crippen molar-refractivity contribution in [3.63, 3.8) is 0 Å². The van der Waals surface area contributed by atoms with Crippen LogP contribution in [0.2, 0.25) is 0 Å². The lowest BCUT2D eigenvalue weighted by atomic mass is 10.0. The van der Waals surface area contributed by atoms with Crippen LogP contribution in [-0.2, 0) is 0 Å². The third kappa shape index (κ3) is 3.85. The van der Waals surface area contributed by atoms with Gasteiger partial charge in [-0.1, -0.05) is 62.4 Å². The molecule has 2 aromatic carbocycles. The Hall–Kier alpha value is -1.76. The summed E-state index contributed by atoms with van der Waals surface area (Å²) in [6.45, 7) is 6.59. The molecule has 1 heteroatoms. The molecule has 100 valence electrons. The molecule has 0 aliphatic carbocycles. The van der Waals surface area contributed by atoms with Gasteiger partial charge < -0.3 is 4.74 Å². The van der Waals surface area contributed by atoms with Gasteiger partial charge in [-0.05, 0) is 30.9 Å². The molecule has 0 aromatic heterocycles. The van der Waals surface area contributed by atoms with Crippen LogP contribution in [0.25, 0.3) is 11.1 Å². The minimum Gasteiger partial charge on any atom is -0.490 e. The lowest BCUT2D eigenvalue weighted by Gasteiger charge is -2.19. The summed E-state index contributed by atoms with van der Waals surface area (Å²) < 4.78 is 6.11. The molecule has 0 radical (unpaired) electrons. The van der Waals surface area contributed by atoms with Gasteiger partial charge in [0.1, 0.15) is 5.75 Å².